The number of aromatic nitrogens is 1. The van der Waals surface area contributed by atoms with Gasteiger partial charge < -0.3 is 10.0 Å². The molecule has 0 atom stereocenters. The fourth-order valence-corrected chi connectivity index (χ4v) is 3.85. The van der Waals surface area contributed by atoms with Crippen LogP contribution in [0.15, 0.2) is 59.5 Å². The third-order valence-electron chi connectivity index (χ3n) is 3.31. The number of hydrogen-bond acceptors (Lipinski definition) is 4. The van der Waals surface area contributed by atoms with Gasteiger partial charge in [0.25, 0.3) is 10.0 Å². The first kappa shape index (κ1) is 14.8. The normalized spacial score (nSPS) is 11.8. The van der Waals surface area contributed by atoms with Crippen LogP contribution in [0, 0.1) is 5.82 Å². The van der Waals surface area contributed by atoms with E-state index in [2.05, 4.69) is 0 Å². The van der Waals surface area contributed by atoms with E-state index in [0.717, 1.165) is 28.2 Å². The Morgan fingerprint density at radius 2 is 1.64 bits per heavy atom. The highest BCUT2D eigenvalue weighted by molar-refractivity contribution is 7.90. The molecule has 0 spiro atoms. The molecule has 0 saturated carbocycles. The maximum Gasteiger partial charge on any atom is 0.507 e. The first-order valence-electron chi connectivity index (χ1n) is 6.39. The maximum absolute atomic E-state index is 13.0. The van der Waals surface area contributed by atoms with E-state index < -0.39 is 23.0 Å². The largest absolute Gasteiger partial charge is 0.507 e. The second-order valence-corrected chi connectivity index (χ2v) is 6.51. The number of fused-ring (bicyclic) bond motifs is 1. The highest BCUT2D eigenvalue weighted by Gasteiger charge is 2.28. The molecular formula is C14H11BFNO4S. The molecule has 0 saturated heterocycles. The van der Waals surface area contributed by atoms with Crippen molar-refractivity contribution in [3.05, 3.63) is 60.4 Å². The molecule has 0 aliphatic heterocycles. The highest BCUT2D eigenvalue weighted by atomic mass is 32.2. The average molecular weight is 319 g/mol. The highest BCUT2D eigenvalue weighted by Crippen LogP contribution is 2.21. The van der Waals surface area contributed by atoms with E-state index in [0.29, 0.717) is 10.9 Å². The molecule has 112 valence electrons. The lowest BCUT2D eigenvalue weighted by atomic mass is 9.86. The fraction of sp³-hybridized carbons (Fsp3) is 0. The molecule has 22 heavy (non-hydrogen) atoms. The Labute approximate surface area is 126 Å². The van der Waals surface area contributed by atoms with Crippen molar-refractivity contribution in [2.45, 2.75) is 4.90 Å². The average Bonchev–Trinajstić information content (AvgIpc) is 2.88. The molecule has 0 unspecified atom stereocenters. The molecule has 0 amide bonds. The summed E-state index contributed by atoms with van der Waals surface area (Å²) in [4.78, 5) is -0.142. The smallest absolute Gasteiger partial charge is 0.422 e. The van der Waals surface area contributed by atoms with Gasteiger partial charge in [0, 0.05) is 5.39 Å². The molecule has 5 nitrogen and oxygen atoms in total. The van der Waals surface area contributed by atoms with E-state index >= 15 is 0 Å². The van der Waals surface area contributed by atoms with Crippen molar-refractivity contribution in [3.63, 3.8) is 0 Å². The summed E-state index contributed by atoms with van der Waals surface area (Å²) in [5.74, 6) is -0.557. The second-order valence-electron chi connectivity index (χ2n) is 4.73. The number of nitrogens with zero attached hydrogens (tertiary/aromatic N) is 1. The van der Waals surface area contributed by atoms with Crippen LogP contribution in [-0.2, 0) is 10.0 Å². The summed E-state index contributed by atoms with van der Waals surface area (Å²) in [6.45, 7) is 0. The third kappa shape index (κ3) is 2.31. The zero-order valence-electron chi connectivity index (χ0n) is 11.2. The zero-order valence-corrected chi connectivity index (χ0v) is 12.0. The summed E-state index contributed by atoms with van der Waals surface area (Å²) in [5, 5.41) is 19.5. The SMILES string of the molecule is O=S(=O)(c1ccc(F)cc1)n1c(B(O)O)cc2ccccc21. The van der Waals surface area contributed by atoms with E-state index in [1.807, 2.05) is 0 Å². The summed E-state index contributed by atoms with van der Waals surface area (Å²) in [6, 6.07) is 12.3. The fourth-order valence-electron chi connectivity index (χ4n) is 2.31. The number of rotatable bonds is 3. The predicted molar refractivity (Wildman–Crippen MR) is 80.7 cm³/mol. The molecule has 0 aliphatic rings. The van der Waals surface area contributed by atoms with Crippen LogP contribution in [0.4, 0.5) is 4.39 Å². The van der Waals surface area contributed by atoms with Gasteiger partial charge in [-0.1, -0.05) is 18.2 Å². The Hall–Kier alpha value is -2.16. The van der Waals surface area contributed by atoms with Gasteiger partial charge in [0.15, 0.2) is 0 Å². The van der Waals surface area contributed by atoms with Crippen LogP contribution in [-0.4, -0.2) is 29.6 Å². The van der Waals surface area contributed by atoms with Crippen molar-refractivity contribution in [2.75, 3.05) is 0 Å². The molecule has 2 aromatic carbocycles. The first-order chi connectivity index (χ1) is 10.4. The molecule has 0 fully saturated rings. The zero-order chi connectivity index (χ0) is 15.9. The van der Waals surface area contributed by atoms with Crippen LogP contribution in [0.25, 0.3) is 10.9 Å². The van der Waals surface area contributed by atoms with E-state index in [1.54, 1.807) is 24.3 Å². The summed E-state index contributed by atoms with van der Waals surface area (Å²) < 4.78 is 39.4. The van der Waals surface area contributed by atoms with Crippen LogP contribution in [0.3, 0.4) is 0 Å². The van der Waals surface area contributed by atoms with E-state index in [9.17, 15) is 22.9 Å². The lowest BCUT2D eigenvalue weighted by Crippen LogP contribution is -2.38. The Morgan fingerprint density at radius 3 is 2.27 bits per heavy atom. The standard InChI is InChI=1S/C14H11BFNO4S/c16-11-5-7-12(8-6-11)22(20,21)17-13-4-2-1-3-10(13)9-14(17)15(18)19/h1-9,18-19H. The molecule has 0 radical (unpaired) electrons. The van der Waals surface area contributed by atoms with Gasteiger partial charge in [-0.3, -0.25) is 0 Å². The van der Waals surface area contributed by atoms with Crippen molar-refractivity contribution >= 4 is 33.6 Å². The van der Waals surface area contributed by atoms with Crippen LogP contribution >= 0.6 is 0 Å². The summed E-state index contributed by atoms with van der Waals surface area (Å²) in [5.41, 5.74) is 0.139. The lowest BCUT2D eigenvalue weighted by Gasteiger charge is -2.11. The van der Waals surface area contributed by atoms with Crippen LogP contribution in [0.5, 0.6) is 0 Å². The molecule has 3 rings (SSSR count). The second kappa shape index (κ2) is 5.24. The van der Waals surface area contributed by atoms with Gasteiger partial charge in [0.1, 0.15) is 5.82 Å². The van der Waals surface area contributed by atoms with Crippen LogP contribution in [0.1, 0.15) is 0 Å². The molecule has 8 heteroatoms. The molecule has 0 aliphatic carbocycles. The number of halogens is 1. The topological polar surface area (TPSA) is 79.5 Å². The molecule has 3 aromatic rings. The van der Waals surface area contributed by atoms with Crippen molar-refractivity contribution in [1.29, 1.82) is 0 Å². The molecule has 1 heterocycles. The van der Waals surface area contributed by atoms with Gasteiger partial charge in [-0.25, -0.2) is 16.8 Å². The van der Waals surface area contributed by atoms with Crippen LogP contribution in [0.2, 0.25) is 0 Å². The maximum atomic E-state index is 13.0. The lowest BCUT2D eigenvalue weighted by molar-refractivity contribution is 0.423. The van der Waals surface area contributed by atoms with Crippen molar-refractivity contribution in [1.82, 2.24) is 3.97 Å². The monoisotopic (exact) mass is 319 g/mol. The number of benzene rings is 2. The van der Waals surface area contributed by atoms with Gasteiger partial charge in [-0.05, 0) is 36.4 Å². The van der Waals surface area contributed by atoms with Crippen LogP contribution < -0.4 is 5.59 Å². The Balaban J connectivity index is 2.32. The minimum atomic E-state index is -4.08. The molecular weight excluding hydrogens is 308 g/mol. The van der Waals surface area contributed by atoms with Crippen molar-refractivity contribution < 1.29 is 22.9 Å². The minimum Gasteiger partial charge on any atom is -0.422 e. The quantitative estimate of drug-likeness (QED) is 0.697. The van der Waals surface area contributed by atoms with E-state index in [4.69, 9.17) is 0 Å². The number of hydrogen-bond donors (Lipinski definition) is 2. The number of para-hydroxylation sites is 1. The molecule has 0 bridgehead atoms. The summed E-state index contributed by atoms with van der Waals surface area (Å²) >= 11 is 0. The van der Waals surface area contributed by atoms with Gasteiger partial charge in [-0.15, -0.1) is 0 Å². The van der Waals surface area contributed by atoms with Gasteiger partial charge in [-0.2, -0.15) is 0 Å². The minimum absolute atomic E-state index is 0.142. The summed E-state index contributed by atoms with van der Waals surface area (Å²) in [7, 11) is -6.04. The van der Waals surface area contributed by atoms with Crippen molar-refractivity contribution in [2.24, 2.45) is 0 Å². The van der Waals surface area contributed by atoms with Gasteiger partial charge in [0.2, 0.25) is 0 Å². The van der Waals surface area contributed by atoms with Gasteiger partial charge >= 0.3 is 7.12 Å². The molecule has 1 aromatic heterocycles. The first-order valence-corrected chi connectivity index (χ1v) is 7.83. The predicted octanol–water partition coefficient (Wildman–Crippen LogP) is 0.697. The third-order valence-corrected chi connectivity index (χ3v) is 5.07. The van der Waals surface area contributed by atoms with Gasteiger partial charge in [0.05, 0.1) is 16.0 Å². The summed E-state index contributed by atoms with van der Waals surface area (Å²) in [6.07, 6.45) is 0. The van der Waals surface area contributed by atoms with Crippen molar-refractivity contribution in [3.8, 4) is 0 Å². The Kier molecular flexibility index (Phi) is 3.52. The Bertz CT molecular complexity index is 935. The van der Waals surface area contributed by atoms with E-state index in [1.165, 1.54) is 6.07 Å². The molecule has 2 N–H and O–H groups in total. The Morgan fingerprint density at radius 1 is 1.00 bits per heavy atom. The van der Waals surface area contributed by atoms with E-state index in [-0.39, 0.29) is 10.5 Å².